The van der Waals surface area contributed by atoms with Crippen LogP contribution in [0.15, 0.2) is 0 Å². The Morgan fingerprint density at radius 3 is 2.15 bits per heavy atom. The fraction of sp³-hybridized carbons (Fsp3) is 1.00. The molecule has 0 aliphatic carbocycles. The van der Waals surface area contributed by atoms with Gasteiger partial charge in [-0.1, -0.05) is 0 Å². The Kier molecular flexibility index (Phi) is 11.6. The Morgan fingerprint density at radius 2 is 1.75 bits per heavy atom. The molecule has 0 aromatic rings. The van der Waals surface area contributed by atoms with E-state index in [1.165, 1.54) is 0 Å². The van der Waals surface area contributed by atoms with E-state index >= 15 is 0 Å². The smallest absolute Gasteiger partial charge is 0.382 e. The molecule has 0 aliphatic rings. The molecule has 0 saturated heterocycles. The van der Waals surface area contributed by atoms with Gasteiger partial charge in [-0.05, 0) is 39.8 Å². The largest absolute Gasteiger partial charge is 0.408 e. The molecule has 0 saturated carbocycles. The van der Waals surface area contributed by atoms with Gasteiger partial charge in [0.2, 0.25) is 0 Å². The summed E-state index contributed by atoms with van der Waals surface area (Å²) in [6.07, 6.45) is 1.14. The molecule has 8 heteroatoms. The third kappa shape index (κ3) is 7.69. The van der Waals surface area contributed by atoms with Gasteiger partial charge in [0.1, 0.15) is 0 Å². The molecule has 0 bridgehead atoms. The molecule has 0 aromatic heterocycles. The van der Waals surface area contributed by atoms with Gasteiger partial charge in [0, 0.05) is 20.2 Å². The van der Waals surface area contributed by atoms with E-state index in [0.29, 0.717) is 39.4 Å². The average molecular weight is 311 g/mol. The molecule has 0 rings (SSSR count). The zero-order chi connectivity index (χ0) is 15.4. The Labute approximate surface area is 122 Å². The topological polar surface area (TPSA) is 100 Å². The quantitative estimate of drug-likeness (QED) is 0.493. The summed E-state index contributed by atoms with van der Waals surface area (Å²) in [5.74, 6) is 0. The van der Waals surface area contributed by atoms with Gasteiger partial charge in [-0.15, -0.1) is 0 Å². The average Bonchev–Trinajstić information content (AvgIpc) is 2.39. The number of nitrogens with two attached hydrogens (primary N) is 2. The second-order valence-corrected chi connectivity index (χ2v) is 6.47. The van der Waals surface area contributed by atoms with Gasteiger partial charge < -0.3 is 16.2 Å². The van der Waals surface area contributed by atoms with Crippen LogP contribution in [-0.2, 0) is 18.3 Å². The van der Waals surface area contributed by atoms with Gasteiger partial charge in [0.15, 0.2) is 0 Å². The minimum absolute atomic E-state index is 0.310. The Morgan fingerprint density at radius 1 is 1.20 bits per heavy atom. The second-order valence-electron chi connectivity index (χ2n) is 4.50. The lowest BCUT2D eigenvalue weighted by Gasteiger charge is -2.31. The van der Waals surface area contributed by atoms with Crippen molar-refractivity contribution >= 4 is 7.75 Å². The molecule has 0 aromatic carbocycles. The molecule has 2 atom stereocenters. The summed E-state index contributed by atoms with van der Waals surface area (Å²) in [4.78, 5) is 0. The van der Waals surface area contributed by atoms with Gasteiger partial charge >= 0.3 is 7.75 Å². The maximum Gasteiger partial charge on any atom is 0.408 e. The summed E-state index contributed by atoms with van der Waals surface area (Å²) in [5, 5.41) is 0. The number of rotatable bonds is 13. The molecular weight excluding hydrogens is 281 g/mol. The van der Waals surface area contributed by atoms with Gasteiger partial charge in [-0.2, -0.15) is 0 Å². The summed E-state index contributed by atoms with van der Waals surface area (Å²) in [5.41, 5.74) is 11.1. The summed E-state index contributed by atoms with van der Waals surface area (Å²) in [7, 11) is -1.76. The first-order valence-corrected chi connectivity index (χ1v) is 8.61. The predicted molar refractivity (Wildman–Crippen MR) is 80.6 cm³/mol. The highest BCUT2D eigenvalue weighted by molar-refractivity contribution is 7.51. The van der Waals surface area contributed by atoms with E-state index in [9.17, 15) is 4.57 Å². The SMILES string of the molecule is CCOP(=O)(OC(C)COC)N(CCCN)CCCN. The number of ether oxygens (including phenoxy) is 1. The summed E-state index contributed by atoms with van der Waals surface area (Å²) < 4.78 is 30.7. The van der Waals surface area contributed by atoms with Crippen LogP contribution in [0.25, 0.3) is 0 Å². The molecule has 0 radical (unpaired) electrons. The molecule has 122 valence electrons. The Bertz CT molecular complexity index is 273. The molecule has 0 fully saturated rings. The Balaban J connectivity index is 4.85. The fourth-order valence-electron chi connectivity index (χ4n) is 1.74. The number of hydrogen-bond acceptors (Lipinski definition) is 6. The molecular formula is C12H30N3O4P. The number of methoxy groups -OCH3 is 1. The van der Waals surface area contributed by atoms with Crippen molar-refractivity contribution in [2.24, 2.45) is 11.5 Å². The first-order valence-electron chi connectivity index (χ1n) is 7.11. The van der Waals surface area contributed by atoms with Crippen molar-refractivity contribution in [1.82, 2.24) is 4.67 Å². The van der Waals surface area contributed by atoms with E-state index in [0.717, 1.165) is 12.8 Å². The third-order valence-corrected chi connectivity index (χ3v) is 4.90. The third-order valence-electron chi connectivity index (χ3n) is 2.59. The van der Waals surface area contributed by atoms with Crippen molar-refractivity contribution in [3.05, 3.63) is 0 Å². The van der Waals surface area contributed by atoms with Gasteiger partial charge in [-0.3, -0.25) is 9.05 Å². The van der Waals surface area contributed by atoms with E-state index < -0.39 is 7.75 Å². The minimum Gasteiger partial charge on any atom is -0.382 e. The molecule has 0 aliphatic heterocycles. The predicted octanol–water partition coefficient (Wildman–Crippen LogP) is 1.18. The maximum atomic E-state index is 13.0. The van der Waals surface area contributed by atoms with Crippen LogP contribution >= 0.6 is 7.75 Å². The van der Waals surface area contributed by atoms with E-state index in [4.69, 9.17) is 25.3 Å². The van der Waals surface area contributed by atoms with Crippen molar-refractivity contribution in [3.8, 4) is 0 Å². The highest BCUT2D eigenvalue weighted by Crippen LogP contribution is 2.53. The molecule has 20 heavy (non-hydrogen) atoms. The number of hydrogen-bond donors (Lipinski definition) is 2. The lowest BCUT2D eigenvalue weighted by atomic mass is 10.4. The highest BCUT2D eigenvalue weighted by atomic mass is 31.2. The first-order chi connectivity index (χ1) is 9.53. The molecule has 7 nitrogen and oxygen atoms in total. The van der Waals surface area contributed by atoms with E-state index in [1.807, 2.05) is 0 Å². The van der Waals surface area contributed by atoms with Crippen molar-refractivity contribution < 1.29 is 18.3 Å². The van der Waals surface area contributed by atoms with Gasteiger partial charge in [0.05, 0.1) is 19.3 Å². The monoisotopic (exact) mass is 311 g/mol. The van der Waals surface area contributed by atoms with Gasteiger partial charge in [-0.25, -0.2) is 9.24 Å². The second kappa shape index (κ2) is 11.6. The number of nitrogens with zero attached hydrogens (tertiary/aromatic N) is 1. The van der Waals surface area contributed by atoms with Gasteiger partial charge in [0.25, 0.3) is 0 Å². The lowest BCUT2D eigenvalue weighted by molar-refractivity contribution is 0.0610. The van der Waals surface area contributed by atoms with Crippen molar-refractivity contribution in [1.29, 1.82) is 0 Å². The van der Waals surface area contributed by atoms with Crippen LogP contribution in [0, 0.1) is 0 Å². The summed E-state index contributed by atoms with van der Waals surface area (Å²) >= 11 is 0. The van der Waals surface area contributed by atoms with E-state index in [2.05, 4.69) is 0 Å². The normalized spacial score (nSPS) is 16.3. The van der Waals surface area contributed by atoms with Crippen molar-refractivity contribution in [3.63, 3.8) is 0 Å². The van der Waals surface area contributed by atoms with Crippen LogP contribution in [0.5, 0.6) is 0 Å². The van der Waals surface area contributed by atoms with Crippen molar-refractivity contribution in [2.45, 2.75) is 32.8 Å². The van der Waals surface area contributed by atoms with Crippen LogP contribution in [-0.4, -0.2) is 57.3 Å². The van der Waals surface area contributed by atoms with Crippen molar-refractivity contribution in [2.75, 3.05) is 46.5 Å². The van der Waals surface area contributed by atoms with Crippen LogP contribution in [0.4, 0.5) is 0 Å². The highest BCUT2D eigenvalue weighted by Gasteiger charge is 2.34. The lowest BCUT2D eigenvalue weighted by Crippen LogP contribution is -2.30. The molecule has 0 spiro atoms. The molecule has 0 amide bonds. The standard InChI is InChI=1S/C12H30N3O4P/c1-4-18-20(16,19-12(2)11-17-3)15(9-5-7-13)10-6-8-14/h12H,4-11,13-14H2,1-3H3. The molecule has 4 N–H and O–H groups in total. The molecule has 2 unspecified atom stereocenters. The first kappa shape index (κ1) is 20.0. The summed E-state index contributed by atoms with van der Waals surface area (Å²) in [6, 6.07) is 0. The summed E-state index contributed by atoms with van der Waals surface area (Å²) in [6.45, 7) is 6.45. The minimum atomic E-state index is -3.33. The van der Waals surface area contributed by atoms with Crippen LogP contribution < -0.4 is 11.5 Å². The van der Waals surface area contributed by atoms with E-state index in [1.54, 1.807) is 25.6 Å². The Hall–Kier alpha value is -0.0100. The van der Waals surface area contributed by atoms with Crippen LogP contribution in [0.1, 0.15) is 26.7 Å². The van der Waals surface area contributed by atoms with E-state index in [-0.39, 0.29) is 6.10 Å². The zero-order valence-electron chi connectivity index (χ0n) is 12.9. The molecule has 0 heterocycles. The maximum absolute atomic E-state index is 13.0. The van der Waals surface area contributed by atoms with Crippen LogP contribution in [0.3, 0.4) is 0 Å². The van der Waals surface area contributed by atoms with Crippen LogP contribution in [0.2, 0.25) is 0 Å². The fourth-order valence-corrected chi connectivity index (χ4v) is 3.71. The zero-order valence-corrected chi connectivity index (χ0v) is 13.8.